The van der Waals surface area contributed by atoms with Crippen molar-refractivity contribution in [3.05, 3.63) is 63.8 Å². The third kappa shape index (κ3) is 4.46. The first-order chi connectivity index (χ1) is 17.9. The Bertz CT molecular complexity index is 1340. The van der Waals surface area contributed by atoms with Crippen LogP contribution < -0.4 is 25.3 Å². The zero-order valence-electron chi connectivity index (χ0n) is 20.3. The van der Waals surface area contributed by atoms with Crippen LogP contribution in [-0.2, 0) is 6.61 Å². The second-order valence-corrected chi connectivity index (χ2v) is 10.6. The molecule has 0 aliphatic carbocycles. The number of fused-ring (bicyclic) bond motifs is 3. The number of carbonyl (C=O) groups is 1. The molecule has 0 saturated carbocycles. The number of aromatic nitrogens is 2. The molecule has 3 aliphatic rings. The smallest absolute Gasteiger partial charge is 0.265 e. The Hall–Kier alpha value is -3.11. The SMILES string of the molecule is CN1CN(c2c(Cl)cccc2Cl)C(=O)c2cnc(Nc3ccc(N4CC5CCC(C4)N5)c(CO)c3)nc21. The van der Waals surface area contributed by atoms with E-state index >= 15 is 0 Å². The first-order valence-electron chi connectivity index (χ1n) is 12.3. The van der Waals surface area contributed by atoms with Crippen molar-refractivity contribution in [1.29, 1.82) is 0 Å². The predicted octanol–water partition coefficient (Wildman–Crippen LogP) is 4.01. The standard InChI is InChI=1S/C26H27Cl2N7O2/c1-33-14-35(23-20(27)3-2-4-21(23)28)25(37)19-10-29-26(32-24(19)33)31-16-7-8-22(15(9-16)13-36)34-11-17-5-6-18(12-34)30-17/h2-4,7-10,17-18,30,36H,5-6,11-14H2,1H3,(H,29,31,32). The second-order valence-electron chi connectivity index (χ2n) is 9.74. The number of hydrogen-bond acceptors (Lipinski definition) is 8. The highest BCUT2D eigenvalue weighted by atomic mass is 35.5. The first kappa shape index (κ1) is 24.2. The molecule has 11 heteroatoms. The minimum atomic E-state index is -0.272. The molecule has 9 nitrogen and oxygen atoms in total. The van der Waals surface area contributed by atoms with Crippen LogP contribution in [0.25, 0.3) is 0 Å². The van der Waals surface area contributed by atoms with E-state index in [-0.39, 0.29) is 19.2 Å². The van der Waals surface area contributed by atoms with Gasteiger partial charge in [0, 0.05) is 55.4 Å². The Kier molecular flexibility index (Phi) is 6.32. The van der Waals surface area contributed by atoms with Crippen molar-refractivity contribution in [3.63, 3.8) is 0 Å². The van der Waals surface area contributed by atoms with Crippen molar-refractivity contribution in [2.24, 2.45) is 0 Å². The molecule has 0 spiro atoms. The van der Waals surface area contributed by atoms with E-state index in [1.165, 1.54) is 23.9 Å². The molecule has 3 aliphatic heterocycles. The molecule has 192 valence electrons. The molecular weight excluding hydrogens is 513 g/mol. The van der Waals surface area contributed by atoms with Gasteiger partial charge in [0.15, 0.2) is 0 Å². The quantitative estimate of drug-likeness (QED) is 0.447. The fraction of sp³-hybridized carbons (Fsp3) is 0.346. The highest BCUT2D eigenvalue weighted by Gasteiger charge is 2.34. The molecule has 37 heavy (non-hydrogen) atoms. The molecule has 4 heterocycles. The van der Waals surface area contributed by atoms with Gasteiger partial charge in [0.25, 0.3) is 5.91 Å². The molecule has 2 saturated heterocycles. The summed E-state index contributed by atoms with van der Waals surface area (Å²) in [7, 11) is 1.85. The zero-order chi connectivity index (χ0) is 25.7. The van der Waals surface area contributed by atoms with Crippen LogP contribution in [0.5, 0.6) is 0 Å². The molecule has 6 rings (SSSR count). The van der Waals surface area contributed by atoms with E-state index in [9.17, 15) is 9.90 Å². The summed E-state index contributed by atoms with van der Waals surface area (Å²) in [6.45, 7) is 2.07. The lowest BCUT2D eigenvalue weighted by Crippen LogP contribution is -2.51. The number of carbonyl (C=O) groups excluding carboxylic acids is 1. The number of benzene rings is 2. The van der Waals surface area contributed by atoms with Crippen molar-refractivity contribution in [2.75, 3.05) is 46.8 Å². The highest BCUT2D eigenvalue weighted by Crippen LogP contribution is 2.38. The minimum Gasteiger partial charge on any atom is -0.392 e. The number of nitrogens with one attached hydrogen (secondary N) is 2. The van der Waals surface area contributed by atoms with Gasteiger partial charge in [-0.25, -0.2) is 4.98 Å². The molecule has 1 amide bonds. The van der Waals surface area contributed by atoms with Crippen LogP contribution >= 0.6 is 23.2 Å². The van der Waals surface area contributed by atoms with Gasteiger partial charge >= 0.3 is 0 Å². The van der Waals surface area contributed by atoms with E-state index < -0.39 is 0 Å². The molecule has 2 bridgehead atoms. The average Bonchev–Trinajstić information content (AvgIpc) is 3.23. The second kappa shape index (κ2) is 9.64. The third-order valence-corrected chi connectivity index (χ3v) is 7.84. The summed E-state index contributed by atoms with van der Waals surface area (Å²) in [6.07, 6.45) is 3.91. The maximum absolute atomic E-state index is 13.3. The fourth-order valence-electron chi connectivity index (χ4n) is 5.50. The van der Waals surface area contributed by atoms with Crippen molar-refractivity contribution >= 4 is 57.9 Å². The number of aliphatic hydroxyl groups is 1. The molecule has 1 aromatic heterocycles. The van der Waals surface area contributed by atoms with Crippen LogP contribution in [0.15, 0.2) is 42.6 Å². The summed E-state index contributed by atoms with van der Waals surface area (Å²) in [4.78, 5) is 28.1. The summed E-state index contributed by atoms with van der Waals surface area (Å²) in [5, 5.41) is 17.8. The van der Waals surface area contributed by atoms with E-state index in [0.29, 0.717) is 45.1 Å². The number of nitrogens with zero attached hydrogens (tertiary/aromatic N) is 5. The predicted molar refractivity (Wildman–Crippen MR) is 146 cm³/mol. The number of halogens is 2. The van der Waals surface area contributed by atoms with Gasteiger partial charge in [-0.15, -0.1) is 0 Å². The van der Waals surface area contributed by atoms with Gasteiger partial charge in [-0.05, 0) is 43.2 Å². The molecule has 3 aromatic rings. The lowest BCUT2D eigenvalue weighted by atomic mass is 10.1. The van der Waals surface area contributed by atoms with E-state index in [1.807, 2.05) is 30.1 Å². The van der Waals surface area contributed by atoms with Crippen molar-refractivity contribution in [2.45, 2.75) is 31.5 Å². The van der Waals surface area contributed by atoms with Crippen LogP contribution in [0.3, 0.4) is 0 Å². The van der Waals surface area contributed by atoms with Crippen molar-refractivity contribution < 1.29 is 9.90 Å². The van der Waals surface area contributed by atoms with Crippen LogP contribution in [-0.4, -0.2) is 59.9 Å². The highest BCUT2D eigenvalue weighted by molar-refractivity contribution is 6.40. The maximum Gasteiger partial charge on any atom is 0.265 e. The summed E-state index contributed by atoms with van der Waals surface area (Å²) in [5.74, 6) is 0.600. The van der Waals surface area contributed by atoms with E-state index in [1.54, 1.807) is 18.2 Å². The van der Waals surface area contributed by atoms with Gasteiger partial charge < -0.3 is 25.5 Å². The Morgan fingerprint density at radius 1 is 1.14 bits per heavy atom. The monoisotopic (exact) mass is 539 g/mol. The van der Waals surface area contributed by atoms with Gasteiger partial charge in [-0.3, -0.25) is 9.69 Å². The van der Waals surface area contributed by atoms with E-state index in [2.05, 4.69) is 25.5 Å². The zero-order valence-corrected chi connectivity index (χ0v) is 21.8. The molecule has 3 N–H and O–H groups in total. The molecular formula is C26H27Cl2N7O2. The Morgan fingerprint density at radius 3 is 2.57 bits per heavy atom. The summed E-state index contributed by atoms with van der Waals surface area (Å²) in [5.41, 5.74) is 3.49. The van der Waals surface area contributed by atoms with Gasteiger partial charge in [0.05, 0.1) is 29.0 Å². The van der Waals surface area contributed by atoms with Gasteiger partial charge in [-0.2, -0.15) is 4.98 Å². The first-order valence-corrected chi connectivity index (χ1v) is 13.0. The van der Waals surface area contributed by atoms with Crippen LogP contribution in [0.1, 0.15) is 28.8 Å². The Labute approximate surface area is 225 Å². The summed E-state index contributed by atoms with van der Waals surface area (Å²) in [6, 6.07) is 12.1. The molecule has 2 unspecified atom stereocenters. The number of amides is 1. The van der Waals surface area contributed by atoms with E-state index in [0.717, 1.165) is 30.0 Å². The number of rotatable bonds is 5. The largest absolute Gasteiger partial charge is 0.392 e. The maximum atomic E-state index is 13.3. The lowest BCUT2D eigenvalue weighted by molar-refractivity contribution is 0.0982. The van der Waals surface area contributed by atoms with Gasteiger partial charge in [0.2, 0.25) is 5.95 Å². The Morgan fingerprint density at radius 2 is 1.86 bits per heavy atom. The molecule has 2 atom stereocenters. The molecule has 2 fully saturated rings. The lowest BCUT2D eigenvalue weighted by Gasteiger charge is -2.36. The van der Waals surface area contributed by atoms with Gasteiger partial charge in [0.1, 0.15) is 11.4 Å². The number of aliphatic hydroxyl groups excluding tert-OH is 1. The number of para-hydroxylation sites is 1. The normalized spacial score (nSPS) is 20.9. The van der Waals surface area contributed by atoms with Crippen LogP contribution in [0.4, 0.5) is 28.8 Å². The van der Waals surface area contributed by atoms with Gasteiger partial charge in [-0.1, -0.05) is 29.3 Å². The Balaban J connectivity index is 1.24. The average molecular weight is 540 g/mol. The number of anilines is 5. The number of hydrogen-bond donors (Lipinski definition) is 3. The van der Waals surface area contributed by atoms with E-state index in [4.69, 9.17) is 23.2 Å². The topological polar surface area (TPSA) is 96.9 Å². The molecule has 0 radical (unpaired) electrons. The summed E-state index contributed by atoms with van der Waals surface area (Å²) < 4.78 is 0. The van der Waals surface area contributed by atoms with Crippen LogP contribution in [0, 0.1) is 0 Å². The summed E-state index contributed by atoms with van der Waals surface area (Å²) >= 11 is 12.7. The third-order valence-electron chi connectivity index (χ3n) is 7.23. The fourth-order valence-corrected chi connectivity index (χ4v) is 6.11. The molecule has 2 aromatic carbocycles. The van der Waals surface area contributed by atoms with Crippen LogP contribution in [0.2, 0.25) is 10.0 Å². The van der Waals surface area contributed by atoms with Crippen molar-refractivity contribution in [1.82, 2.24) is 15.3 Å². The van der Waals surface area contributed by atoms with Crippen molar-refractivity contribution in [3.8, 4) is 0 Å². The minimum absolute atomic E-state index is 0.0627. The number of piperazine rings is 1.